The van der Waals surface area contributed by atoms with E-state index in [1.165, 1.54) is 0 Å². The van der Waals surface area contributed by atoms with Gasteiger partial charge in [-0.3, -0.25) is 14.3 Å². The lowest BCUT2D eigenvalue weighted by molar-refractivity contribution is -0.117. The zero-order chi connectivity index (χ0) is 20.7. The number of aryl methyl sites for hydroxylation is 3. The minimum Gasteiger partial charge on any atom is -0.494 e. The molecule has 8 nitrogen and oxygen atoms in total. The van der Waals surface area contributed by atoms with Gasteiger partial charge >= 0.3 is 0 Å². The van der Waals surface area contributed by atoms with Gasteiger partial charge in [-0.1, -0.05) is 0 Å². The van der Waals surface area contributed by atoms with Gasteiger partial charge in [0.1, 0.15) is 5.75 Å². The minimum atomic E-state index is -0.247. The summed E-state index contributed by atoms with van der Waals surface area (Å²) in [5.74, 6) is 0.386. The van der Waals surface area contributed by atoms with E-state index in [9.17, 15) is 9.59 Å². The summed E-state index contributed by atoms with van der Waals surface area (Å²) in [6, 6.07) is 7.09. The summed E-state index contributed by atoms with van der Waals surface area (Å²) < 4.78 is 7.16. The lowest BCUT2D eigenvalue weighted by Gasteiger charge is -2.19. The molecule has 2 amide bonds. The average molecular weight is 393 g/mol. The molecule has 1 aliphatic rings. The average Bonchev–Trinajstić information content (AvgIpc) is 3.24. The van der Waals surface area contributed by atoms with Crippen molar-refractivity contribution in [3.8, 4) is 5.75 Å². The number of rotatable bonds is 4. The number of nitrogens with one attached hydrogen (secondary N) is 1. The predicted molar refractivity (Wildman–Crippen MR) is 111 cm³/mol. The Balaban J connectivity index is 1.67. The second kappa shape index (κ2) is 7.20. The van der Waals surface area contributed by atoms with Gasteiger partial charge < -0.3 is 15.0 Å². The molecular formula is C21H23N5O3. The van der Waals surface area contributed by atoms with Crippen LogP contribution >= 0.6 is 0 Å². The highest BCUT2D eigenvalue weighted by atomic mass is 16.5. The lowest BCUT2D eigenvalue weighted by atomic mass is 10.1. The van der Waals surface area contributed by atoms with E-state index in [-0.39, 0.29) is 11.8 Å². The van der Waals surface area contributed by atoms with Crippen LogP contribution in [0.5, 0.6) is 5.75 Å². The SMILES string of the molecule is COc1cc(NC(=O)c2cc(C)nc3c2c(C)nn3C)ccc1N1CCCC1=O. The number of fused-ring (bicyclic) bond motifs is 1. The molecule has 29 heavy (non-hydrogen) atoms. The minimum absolute atomic E-state index is 0.0850. The summed E-state index contributed by atoms with van der Waals surface area (Å²) >= 11 is 0. The largest absolute Gasteiger partial charge is 0.494 e. The second-order valence-electron chi connectivity index (χ2n) is 7.21. The number of hydrogen-bond acceptors (Lipinski definition) is 5. The Bertz CT molecular complexity index is 1140. The summed E-state index contributed by atoms with van der Waals surface area (Å²) in [5.41, 5.74) is 4.00. The molecule has 0 radical (unpaired) electrons. The van der Waals surface area contributed by atoms with Crippen molar-refractivity contribution in [1.29, 1.82) is 0 Å². The fourth-order valence-corrected chi connectivity index (χ4v) is 3.83. The first-order chi connectivity index (χ1) is 13.9. The number of amides is 2. The van der Waals surface area contributed by atoms with Gasteiger partial charge in [-0.25, -0.2) is 4.98 Å². The first-order valence-corrected chi connectivity index (χ1v) is 9.49. The Morgan fingerprint density at radius 2 is 2.03 bits per heavy atom. The van der Waals surface area contributed by atoms with Gasteiger partial charge in [-0.05, 0) is 38.5 Å². The van der Waals surface area contributed by atoms with E-state index >= 15 is 0 Å². The van der Waals surface area contributed by atoms with Crippen LogP contribution in [-0.4, -0.2) is 40.2 Å². The van der Waals surface area contributed by atoms with E-state index in [2.05, 4.69) is 15.4 Å². The van der Waals surface area contributed by atoms with Crippen molar-refractivity contribution in [2.75, 3.05) is 23.9 Å². The Morgan fingerprint density at radius 3 is 2.72 bits per heavy atom. The standard InChI is InChI=1S/C21H23N5O3/c1-12-10-15(19-13(2)24-25(3)20(19)22-12)21(28)23-14-7-8-16(17(11-14)29-4)26-9-5-6-18(26)27/h7-8,10-11H,5-6,9H2,1-4H3,(H,23,28). The third-order valence-corrected chi connectivity index (χ3v) is 5.14. The van der Waals surface area contributed by atoms with Crippen LogP contribution in [0, 0.1) is 13.8 Å². The van der Waals surface area contributed by atoms with E-state index in [4.69, 9.17) is 4.74 Å². The number of methoxy groups -OCH3 is 1. The molecule has 8 heteroatoms. The fraction of sp³-hybridized carbons (Fsp3) is 0.333. The van der Waals surface area contributed by atoms with Crippen molar-refractivity contribution in [2.45, 2.75) is 26.7 Å². The summed E-state index contributed by atoms with van der Waals surface area (Å²) in [4.78, 5) is 31.3. The van der Waals surface area contributed by atoms with Crippen LogP contribution in [0.2, 0.25) is 0 Å². The molecule has 0 spiro atoms. The Kier molecular flexibility index (Phi) is 4.70. The molecular weight excluding hydrogens is 370 g/mol. The molecule has 0 aliphatic carbocycles. The van der Waals surface area contributed by atoms with Crippen LogP contribution in [0.15, 0.2) is 24.3 Å². The normalized spacial score (nSPS) is 13.9. The number of benzene rings is 1. The number of nitrogens with zero attached hydrogens (tertiary/aromatic N) is 4. The number of carbonyl (C=O) groups excluding carboxylic acids is 2. The van der Waals surface area contributed by atoms with Crippen LogP contribution in [0.1, 0.15) is 34.6 Å². The zero-order valence-electron chi connectivity index (χ0n) is 16.9. The molecule has 1 aromatic carbocycles. The van der Waals surface area contributed by atoms with Gasteiger partial charge in [-0.15, -0.1) is 0 Å². The Labute approximate surface area is 168 Å². The van der Waals surface area contributed by atoms with Crippen LogP contribution in [0.4, 0.5) is 11.4 Å². The van der Waals surface area contributed by atoms with Crippen LogP contribution in [0.3, 0.4) is 0 Å². The summed E-state index contributed by atoms with van der Waals surface area (Å²) in [7, 11) is 3.37. The molecule has 150 valence electrons. The molecule has 1 N–H and O–H groups in total. The third-order valence-electron chi connectivity index (χ3n) is 5.14. The van der Waals surface area contributed by atoms with Crippen molar-refractivity contribution in [1.82, 2.24) is 14.8 Å². The maximum absolute atomic E-state index is 13.1. The number of aromatic nitrogens is 3. The smallest absolute Gasteiger partial charge is 0.256 e. The molecule has 3 heterocycles. The summed E-state index contributed by atoms with van der Waals surface area (Å²) in [5, 5.41) is 8.06. The van der Waals surface area contributed by atoms with E-state index in [0.29, 0.717) is 35.6 Å². The van der Waals surface area contributed by atoms with Crippen LogP contribution in [-0.2, 0) is 11.8 Å². The van der Waals surface area contributed by atoms with Crippen molar-refractivity contribution in [3.05, 3.63) is 41.2 Å². The van der Waals surface area contributed by atoms with Crippen molar-refractivity contribution < 1.29 is 14.3 Å². The monoisotopic (exact) mass is 393 g/mol. The van der Waals surface area contributed by atoms with Crippen molar-refractivity contribution in [2.24, 2.45) is 7.05 Å². The van der Waals surface area contributed by atoms with Crippen molar-refractivity contribution in [3.63, 3.8) is 0 Å². The van der Waals surface area contributed by atoms with E-state index in [0.717, 1.165) is 28.9 Å². The number of pyridine rings is 1. The molecule has 0 saturated carbocycles. The summed E-state index contributed by atoms with van der Waals surface area (Å²) in [6.07, 6.45) is 1.38. The van der Waals surface area contributed by atoms with E-state index in [1.54, 1.807) is 41.0 Å². The number of anilines is 2. The number of hydrogen-bond donors (Lipinski definition) is 1. The van der Waals surface area contributed by atoms with Gasteiger partial charge in [0, 0.05) is 37.5 Å². The molecule has 0 unspecified atom stereocenters. The Hall–Kier alpha value is -3.42. The van der Waals surface area contributed by atoms with Crippen LogP contribution in [0.25, 0.3) is 11.0 Å². The zero-order valence-corrected chi connectivity index (χ0v) is 16.9. The maximum atomic E-state index is 13.1. The van der Waals surface area contributed by atoms with Gasteiger partial charge in [0.15, 0.2) is 5.65 Å². The number of ether oxygens (including phenoxy) is 1. The second-order valence-corrected chi connectivity index (χ2v) is 7.21. The Morgan fingerprint density at radius 1 is 1.24 bits per heavy atom. The molecule has 3 aromatic rings. The van der Waals surface area contributed by atoms with Gasteiger partial charge in [0.25, 0.3) is 5.91 Å². The highest BCUT2D eigenvalue weighted by molar-refractivity contribution is 6.13. The highest BCUT2D eigenvalue weighted by Crippen LogP contribution is 2.34. The van der Waals surface area contributed by atoms with Gasteiger partial charge in [0.05, 0.1) is 29.4 Å². The molecule has 2 aromatic heterocycles. The molecule has 1 fully saturated rings. The highest BCUT2D eigenvalue weighted by Gasteiger charge is 2.25. The maximum Gasteiger partial charge on any atom is 0.256 e. The lowest BCUT2D eigenvalue weighted by Crippen LogP contribution is -2.24. The number of carbonyl (C=O) groups is 2. The first-order valence-electron chi connectivity index (χ1n) is 9.49. The fourth-order valence-electron chi connectivity index (χ4n) is 3.83. The quantitative estimate of drug-likeness (QED) is 0.736. The third kappa shape index (κ3) is 3.30. The van der Waals surface area contributed by atoms with Gasteiger partial charge in [0.2, 0.25) is 5.91 Å². The molecule has 0 atom stereocenters. The summed E-state index contributed by atoms with van der Waals surface area (Å²) in [6.45, 7) is 4.39. The topological polar surface area (TPSA) is 89.3 Å². The molecule has 1 aliphatic heterocycles. The predicted octanol–water partition coefficient (Wildman–Crippen LogP) is 2.97. The molecule has 1 saturated heterocycles. The van der Waals surface area contributed by atoms with Gasteiger partial charge in [-0.2, -0.15) is 5.10 Å². The van der Waals surface area contributed by atoms with E-state index < -0.39 is 0 Å². The van der Waals surface area contributed by atoms with E-state index in [1.807, 2.05) is 20.9 Å². The first kappa shape index (κ1) is 18.9. The molecule has 4 rings (SSSR count). The molecule has 0 bridgehead atoms. The van der Waals surface area contributed by atoms with Crippen LogP contribution < -0.4 is 15.0 Å². The van der Waals surface area contributed by atoms with Crippen molar-refractivity contribution >= 4 is 34.2 Å².